The highest BCUT2D eigenvalue weighted by Crippen LogP contribution is 2.10. The lowest BCUT2D eigenvalue weighted by atomic mass is 10.0. The summed E-state index contributed by atoms with van der Waals surface area (Å²) in [4.78, 5) is 0. The van der Waals surface area contributed by atoms with Crippen LogP contribution in [-0.2, 0) is 6.42 Å². The van der Waals surface area contributed by atoms with Crippen LogP contribution in [0.15, 0.2) is 24.3 Å². The van der Waals surface area contributed by atoms with Gasteiger partial charge >= 0.3 is 0 Å². The Morgan fingerprint density at radius 3 is 2.77 bits per heavy atom. The number of aliphatic hydroxyl groups excluding tert-OH is 1. The van der Waals surface area contributed by atoms with E-state index in [1.807, 2.05) is 24.3 Å². The minimum Gasteiger partial charge on any atom is -0.393 e. The lowest BCUT2D eigenvalue weighted by Crippen LogP contribution is -2.02. The number of benzene rings is 1. The molecule has 1 aromatic carbocycles. The second kappa shape index (κ2) is 4.69. The molecule has 0 unspecified atom stereocenters. The van der Waals surface area contributed by atoms with E-state index in [4.69, 9.17) is 11.5 Å². The summed E-state index contributed by atoms with van der Waals surface area (Å²) in [6, 6.07) is 7.84. The van der Waals surface area contributed by atoms with Crippen LogP contribution >= 0.6 is 0 Å². The van der Waals surface area contributed by atoms with E-state index in [1.54, 1.807) is 6.92 Å². The molecule has 68 valence electrons. The second-order valence-corrected chi connectivity index (χ2v) is 3.19. The minimum absolute atomic E-state index is 0.258. The molecule has 1 N–H and O–H groups in total. The normalized spacial score (nSPS) is 12.1. The van der Waals surface area contributed by atoms with E-state index in [0.29, 0.717) is 0 Å². The average Bonchev–Trinajstić information content (AvgIpc) is 2.15. The third-order valence-corrected chi connectivity index (χ3v) is 2.00. The molecule has 13 heavy (non-hydrogen) atoms. The standard InChI is InChI=1S/C12H14O/c1-3-11-6-4-5-7-12(11)9-8-10(2)13/h1,4-7,10,13H,8-9H2,2H3/t10-/m0/s1. The number of aliphatic hydroxyl groups is 1. The molecule has 0 bridgehead atoms. The summed E-state index contributed by atoms with van der Waals surface area (Å²) in [7, 11) is 0. The van der Waals surface area contributed by atoms with E-state index in [2.05, 4.69) is 5.92 Å². The lowest BCUT2D eigenvalue weighted by molar-refractivity contribution is 0.185. The molecule has 0 spiro atoms. The van der Waals surface area contributed by atoms with Crippen molar-refractivity contribution in [1.29, 1.82) is 0 Å². The third kappa shape index (κ3) is 2.93. The number of hydrogen-bond acceptors (Lipinski definition) is 1. The molecule has 0 aliphatic carbocycles. The first kappa shape index (κ1) is 9.83. The molecule has 1 atom stereocenters. The van der Waals surface area contributed by atoms with Gasteiger partial charge in [0.1, 0.15) is 0 Å². The molecular formula is C12H14O. The zero-order chi connectivity index (χ0) is 9.68. The molecule has 1 aromatic rings. The van der Waals surface area contributed by atoms with Crippen molar-refractivity contribution in [2.75, 3.05) is 0 Å². The van der Waals surface area contributed by atoms with Gasteiger partial charge in [0, 0.05) is 5.56 Å². The Balaban J connectivity index is 2.71. The molecule has 1 nitrogen and oxygen atoms in total. The van der Waals surface area contributed by atoms with Crippen molar-refractivity contribution in [1.82, 2.24) is 0 Å². The monoisotopic (exact) mass is 174 g/mol. The van der Waals surface area contributed by atoms with Gasteiger partial charge in [-0.25, -0.2) is 0 Å². The smallest absolute Gasteiger partial charge is 0.0515 e. The zero-order valence-electron chi connectivity index (χ0n) is 7.83. The van der Waals surface area contributed by atoms with Gasteiger partial charge in [-0.3, -0.25) is 0 Å². The van der Waals surface area contributed by atoms with Gasteiger partial charge in [0.2, 0.25) is 0 Å². The number of terminal acetylenes is 1. The first-order chi connectivity index (χ1) is 6.24. The molecule has 0 aliphatic heterocycles. The van der Waals surface area contributed by atoms with Gasteiger partial charge in [0.15, 0.2) is 0 Å². The van der Waals surface area contributed by atoms with E-state index < -0.39 is 0 Å². The summed E-state index contributed by atoms with van der Waals surface area (Å²) in [5.74, 6) is 2.64. The maximum atomic E-state index is 9.13. The molecule has 1 heteroatoms. The van der Waals surface area contributed by atoms with E-state index >= 15 is 0 Å². The molecular weight excluding hydrogens is 160 g/mol. The fraction of sp³-hybridized carbons (Fsp3) is 0.333. The number of rotatable bonds is 3. The topological polar surface area (TPSA) is 20.2 Å². The summed E-state index contributed by atoms with van der Waals surface area (Å²) in [5, 5.41) is 9.13. The molecule has 0 radical (unpaired) electrons. The van der Waals surface area contributed by atoms with Crippen LogP contribution in [0.3, 0.4) is 0 Å². The van der Waals surface area contributed by atoms with E-state index in [0.717, 1.165) is 24.0 Å². The van der Waals surface area contributed by atoms with Gasteiger partial charge in [0.25, 0.3) is 0 Å². The van der Waals surface area contributed by atoms with Crippen molar-refractivity contribution in [3.63, 3.8) is 0 Å². The Hall–Kier alpha value is -1.26. The quantitative estimate of drug-likeness (QED) is 0.695. The maximum absolute atomic E-state index is 9.13. The van der Waals surface area contributed by atoms with Crippen LogP contribution < -0.4 is 0 Å². The number of aryl methyl sites for hydroxylation is 1. The lowest BCUT2D eigenvalue weighted by Gasteiger charge is -2.05. The Kier molecular flexibility index (Phi) is 3.54. The number of hydrogen-bond donors (Lipinski definition) is 1. The van der Waals surface area contributed by atoms with Crippen molar-refractivity contribution in [2.45, 2.75) is 25.9 Å². The van der Waals surface area contributed by atoms with Crippen molar-refractivity contribution in [2.24, 2.45) is 0 Å². The highest BCUT2D eigenvalue weighted by Gasteiger charge is 2.01. The Bertz CT molecular complexity index is 307. The summed E-state index contributed by atoms with van der Waals surface area (Å²) in [5.41, 5.74) is 2.08. The summed E-state index contributed by atoms with van der Waals surface area (Å²) >= 11 is 0. The van der Waals surface area contributed by atoms with Crippen LogP contribution in [0.5, 0.6) is 0 Å². The van der Waals surface area contributed by atoms with E-state index in [-0.39, 0.29) is 6.10 Å². The van der Waals surface area contributed by atoms with Gasteiger partial charge in [-0.1, -0.05) is 24.1 Å². The first-order valence-electron chi connectivity index (χ1n) is 4.46. The van der Waals surface area contributed by atoms with Crippen molar-refractivity contribution in [3.05, 3.63) is 35.4 Å². The predicted molar refractivity (Wildman–Crippen MR) is 54.4 cm³/mol. The van der Waals surface area contributed by atoms with Crippen LogP contribution in [0.1, 0.15) is 24.5 Å². The zero-order valence-corrected chi connectivity index (χ0v) is 7.83. The molecule has 0 aliphatic rings. The van der Waals surface area contributed by atoms with Crippen LogP contribution in [-0.4, -0.2) is 11.2 Å². The third-order valence-electron chi connectivity index (χ3n) is 2.00. The predicted octanol–water partition coefficient (Wildman–Crippen LogP) is 1.98. The highest BCUT2D eigenvalue weighted by molar-refractivity contribution is 5.39. The second-order valence-electron chi connectivity index (χ2n) is 3.19. The molecule has 0 saturated carbocycles. The molecule has 0 aromatic heterocycles. The SMILES string of the molecule is C#Cc1ccccc1CC[C@H](C)O. The van der Waals surface area contributed by atoms with Crippen LogP contribution in [0.4, 0.5) is 0 Å². The average molecular weight is 174 g/mol. The maximum Gasteiger partial charge on any atom is 0.0515 e. The Labute approximate surface area is 79.4 Å². The van der Waals surface area contributed by atoms with E-state index in [1.165, 1.54) is 0 Å². The largest absolute Gasteiger partial charge is 0.393 e. The highest BCUT2D eigenvalue weighted by atomic mass is 16.3. The van der Waals surface area contributed by atoms with Crippen LogP contribution in [0, 0.1) is 12.3 Å². The van der Waals surface area contributed by atoms with Crippen molar-refractivity contribution >= 4 is 0 Å². The summed E-state index contributed by atoms with van der Waals surface area (Å²) < 4.78 is 0. The van der Waals surface area contributed by atoms with Gasteiger partial charge in [-0.15, -0.1) is 6.42 Å². The molecule has 0 saturated heterocycles. The van der Waals surface area contributed by atoms with Crippen LogP contribution in [0.25, 0.3) is 0 Å². The van der Waals surface area contributed by atoms with Gasteiger partial charge < -0.3 is 5.11 Å². The van der Waals surface area contributed by atoms with E-state index in [9.17, 15) is 0 Å². The molecule has 0 heterocycles. The van der Waals surface area contributed by atoms with Gasteiger partial charge in [0.05, 0.1) is 6.10 Å². The molecule has 0 fully saturated rings. The van der Waals surface area contributed by atoms with Crippen molar-refractivity contribution in [3.8, 4) is 12.3 Å². The van der Waals surface area contributed by atoms with Crippen molar-refractivity contribution < 1.29 is 5.11 Å². The molecule has 1 rings (SSSR count). The molecule has 0 amide bonds. The van der Waals surface area contributed by atoms with Crippen LogP contribution in [0.2, 0.25) is 0 Å². The van der Waals surface area contributed by atoms with Gasteiger partial charge in [-0.05, 0) is 31.4 Å². The fourth-order valence-electron chi connectivity index (χ4n) is 1.24. The first-order valence-corrected chi connectivity index (χ1v) is 4.46. The summed E-state index contributed by atoms with van der Waals surface area (Å²) in [6.45, 7) is 1.79. The fourth-order valence-corrected chi connectivity index (χ4v) is 1.24. The summed E-state index contributed by atoms with van der Waals surface area (Å²) in [6.07, 6.45) is 6.69. The minimum atomic E-state index is -0.258. The van der Waals surface area contributed by atoms with Gasteiger partial charge in [-0.2, -0.15) is 0 Å². The Morgan fingerprint density at radius 1 is 1.46 bits per heavy atom. The Morgan fingerprint density at radius 2 is 2.15 bits per heavy atom.